The Kier molecular flexibility index (Phi) is 5.53. The minimum atomic E-state index is 0.0552. The Labute approximate surface area is 167 Å². The van der Waals surface area contributed by atoms with Gasteiger partial charge in [0.2, 0.25) is 0 Å². The smallest absolute Gasteiger partial charge is 0.317 e. The molecule has 1 fully saturated rings. The minimum Gasteiger partial charge on any atom is -0.497 e. The number of piperidine rings is 1. The summed E-state index contributed by atoms with van der Waals surface area (Å²) in [7, 11) is 1.67. The maximum atomic E-state index is 12.5. The summed E-state index contributed by atoms with van der Waals surface area (Å²) in [6, 6.07) is 16.7. The maximum absolute atomic E-state index is 12.5. The Morgan fingerprint density at radius 2 is 1.82 bits per heavy atom. The monoisotopic (exact) mass is 379 g/mol. The molecule has 2 aliphatic rings. The summed E-state index contributed by atoms with van der Waals surface area (Å²) in [6.07, 6.45) is 3.91. The van der Waals surface area contributed by atoms with E-state index < -0.39 is 0 Å². The molecule has 0 unspecified atom stereocenters. The molecule has 2 amide bonds. The molecule has 2 heterocycles. The van der Waals surface area contributed by atoms with E-state index in [1.807, 2.05) is 29.2 Å². The van der Waals surface area contributed by atoms with Gasteiger partial charge in [0, 0.05) is 31.7 Å². The van der Waals surface area contributed by atoms with E-state index in [1.165, 1.54) is 16.7 Å². The second-order valence-corrected chi connectivity index (χ2v) is 7.90. The Morgan fingerprint density at radius 1 is 1.11 bits per heavy atom. The van der Waals surface area contributed by atoms with Crippen LogP contribution in [0.4, 0.5) is 4.79 Å². The molecule has 5 nitrogen and oxygen atoms in total. The number of amides is 2. The van der Waals surface area contributed by atoms with Crippen LogP contribution in [0.2, 0.25) is 0 Å². The molecule has 0 saturated carbocycles. The number of hydrogen-bond donors (Lipinski definition) is 2. The minimum absolute atomic E-state index is 0.0552. The summed E-state index contributed by atoms with van der Waals surface area (Å²) in [5.74, 6) is 0.856. The van der Waals surface area contributed by atoms with Gasteiger partial charge in [0.1, 0.15) is 5.75 Å². The third kappa shape index (κ3) is 4.14. The number of ether oxygens (including phenoxy) is 1. The van der Waals surface area contributed by atoms with Crippen molar-refractivity contribution in [2.45, 2.75) is 37.8 Å². The van der Waals surface area contributed by atoms with E-state index in [-0.39, 0.29) is 11.6 Å². The second kappa shape index (κ2) is 8.23. The molecule has 28 heavy (non-hydrogen) atoms. The van der Waals surface area contributed by atoms with Gasteiger partial charge in [-0.25, -0.2) is 4.79 Å². The molecule has 0 aromatic heterocycles. The summed E-state index contributed by atoms with van der Waals surface area (Å²) in [5, 5.41) is 6.83. The van der Waals surface area contributed by atoms with E-state index in [4.69, 9.17) is 4.74 Å². The SMILES string of the molecule is COc1ccc(CCNC(=O)N2CCC3(CC2)Cc2ccccc2CN3)cc1. The van der Waals surface area contributed by atoms with E-state index >= 15 is 0 Å². The van der Waals surface area contributed by atoms with Crippen molar-refractivity contribution < 1.29 is 9.53 Å². The number of methoxy groups -OCH3 is 1. The van der Waals surface area contributed by atoms with Crippen molar-refractivity contribution in [3.63, 3.8) is 0 Å². The third-order valence-corrected chi connectivity index (χ3v) is 6.16. The van der Waals surface area contributed by atoms with Crippen LogP contribution in [-0.2, 0) is 19.4 Å². The normalized spacial score (nSPS) is 17.8. The molecular formula is C23H29N3O2. The predicted molar refractivity (Wildman–Crippen MR) is 111 cm³/mol. The first kappa shape index (κ1) is 18.8. The van der Waals surface area contributed by atoms with Crippen molar-refractivity contribution in [2.75, 3.05) is 26.7 Å². The van der Waals surface area contributed by atoms with Crippen molar-refractivity contribution in [1.82, 2.24) is 15.5 Å². The molecule has 2 N–H and O–H groups in total. The van der Waals surface area contributed by atoms with Gasteiger partial charge in [-0.3, -0.25) is 0 Å². The van der Waals surface area contributed by atoms with Crippen LogP contribution >= 0.6 is 0 Å². The lowest BCUT2D eigenvalue weighted by molar-refractivity contribution is 0.135. The van der Waals surface area contributed by atoms with Crippen molar-refractivity contribution in [1.29, 1.82) is 0 Å². The third-order valence-electron chi connectivity index (χ3n) is 6.16. The van der Waals surface area contributed by atoms with Gasteiger partial charge in [-0.15, -0.1) is 0 Å². The fourth-order valence-corrected chi connectivity index (χ4v) is 4.32. The first-order chi connectivity index (χ1) is 13.7. The number of nitrogens with zero attached hydrogens (tertiary/aromatic N) is 1. The van der Waals surface area contributed by atoms with E-state index in [0.717, 1.165) is 51.1 Å². The fourth-order valence-electron chi connectivity index (χ4n) is 4.32. The molecule has 148 valence electrons. The number of likely N-dealkylation sites (tertiary alicyclic amines) is 1. The highest BCUT2D eigenvalue weighted by Gasteiger charge is 2.38. The predicted octanol–water partition coefficient (Wildman–Crippen LogP) is 3.13. The van der Waals surface area contributed by atoms with Crippen LogP contribution in [-0.4, -0.2) is 43.2 Å². The van der Waals surface area contributed by atoms with Crippen LogP contribution in [0.25, 0.3) is 0 Å². The highest BCUT2D eigenvalue weighted by molar-refractivity contribution is 5.74. The van der Waals surface area contributed by atoms with Crippen LogP contribution in [0.15, 0.2) is 48.5 Å². The van der Waals surface area contributed by atoms with Gasteiger partial charge in [-0.1, -0.05) is 36.4 Å². The molecule has 1 spiro atoms. The molecular weight excluding hydrogens is 350 g/mol. The summed E-state index contributed by atoms with van der Waals surface area (Å²) in [5.41, 5.74) is 4.21. The number of hydrogen-bond acceptors (Lipinski definition) is 3. The Bertz CT molecular complexity index is 811. The fraction of sp³-hybridized carbons (Fsp3) is 0.435. The van der Waals surface area contributed by atoms with E-state index in [9.17, 15) is 4.79 Å². The lowest BCUT2D eigenvalue weighted by Crippen LogP contribution is -2.58. The zero-order chi connectivity index (χ0) is 19.4. The van der Waals surface area contributed by atoms with Gasteiger partial charge in [0.05, 0.1) is 7.11 Å². The van der Waals surface area contributed by atoms with Crippen molar-refractivity contribution in [3.8, 4) is 5.75 Å². The van der Waals surface area contributed by atoms with E-state index in [0.29, 0.717) is 6.54 Å². The number of carbonyl (C=O) groups is 1. The van der Waals surface area contributed by atoms with Crippen LogP contribution < -0.4 is 15.4 Å². The van der Waals surface area contributed by atoms with Gasteiger partial charge < -0.3 is 20.3 Å². The number of rotatable bonds is 4. The quantitative estimate of drug-likeness (QED) is 0.858. The summed E-state index contributed by atoms with van der Waals surface area (Å²) in [6.45, 7) is 3.20. The standard InChI is InChI=1S/C23H29N3O2/c1-28-21-8-6-18(7-9-21)10-13-24-22(27)26-14-11-23(12-15-26)16-19-4-2-3-5-20(19)17-25-23/h2-9,25H,10-17H2,1H3,(H,24,27). The highest BCUT2D eigenvalue weighted by Crippen LogP contribution is 2.31. The lowest BCUT2D eigenvalue weighted by Gasteiger charge is -2.45. The molecule has 2 aromatic carbocycles. The first-order valence-corrected chi connectivity index (χ1v) is 10.1. The number of urea groups is 1. The first-order valence-electron chi connectivity index (χ1n) is 10.1. The molecule has 2 aliphatic heterocycles. The summed E-state index contributed by atoms with van der Waals surface area (Å²) < 4.78 is 5.18. The lowest BCUT2D eigenvalue weighted by atomic mass is 9.78. The Balaban J connectivity index is 1.24. The maximum Gasteiger partial charge on any atom is 0.317 e. The van der Waals surface area contributed by atoms with Gasteiger partial charge in [-0.05, 0) is 54.5 Å². The number of benzene rings is 2. The molecule has 1 saturated heterocycles. The van der Waals surface area contributed by atoms with Gasteiger partial charge in [0.15, 0.2) is 0 Å². The van der Waals surface area contributed by atoms with E-state index in [1.54, 1.807) is 7.11 Å². The summed E-state index contributed by atoms with van der Waals surface area (Å²) in [4.78, 5) is 14.5. The highest BCUT2D eigenvalue weighted by atomic mass is 16.5. The largest absolute Gasteiger partial charge is 0.497 e. The van der Waals surface area contributed by atoms with Crippen molar-refractivity contribution >= 4 is 6.03 Å². The molecule has 5 heteroatoms. The average Bonchev–Trinajstić information content (AvgIpc) is 2.74. The van der Waals surface area contributed by atoms with Crippen LogP contribution in [0.5, 0.6) is 5.75 Å². The zero-order valence-corrected chi connectivity index (χ0v) is 16.5. The van der Waals surface area contributed by atoms with Gasteiger partial charge >= 0.3 is 6.03 Å². The zero-order valence-electron chi connectivity index (χ0n) is 16.5. The molecule has 0 aliphatic carbocycles. The van der Waals surface area contributed by atoms with Crippen molar-refractivity contribution in [3.05, 3.63) is 65.2 Å². The number of carbonyl (C=O) groups excluding carboxylic acids is 1. The van der Waals surface area contributed by atoms with Gasteiger partial charge in [0.25, 0.3) is 0 Å². The molecule has 0 radical (unpaired) electrons. The molecule has 0 bridgehead atoms. The summed E-state index contributed by atoms with van der Waals surface area (Å²) >= 11 is 0. The van der Waals surface area contributed by atoms with Crippen LogP contribution in [0.1, 0.15) is 29.5 Å². The number of fused-ring (bicyclic) bond motifs is 1. The van der Waals surface area contributed by atoms with E-state index in [2.05, 4.69) is 34.9 Å². The Hall–Kier alpha value is -2.53. The topological polar surface area (TPSA) is 53.6 Å². The van der Waals surface area contributed by atoms with Crippen molar-refractivity contribution in [2.24, 2.45) is 0 Å². The number of nitrogens with one attached hydrogen (secondary N) is 2. The second-order valence-electron chi connectivity index (χ2n) is 7.90. The molecule has 4 rings (SSSR count). The van der Waals surface area contributed by atoms with Crippen LogP contribution in [0.3, 0.4) is 0 Å². The Morgan fingerprint density at radius 3 is 2.54 bits per heavy atom. The average molecular weight is 380 g/mol. The van der Waals surface area contributed by atoms with Gasteiger partial charge in [-0.2, -0.15) is 0 Å². The molecule has 0 atom stereocenters. The molecule has 2 aromatic rings. The van der Waals surface area contributed by atoms with Crippen LogP contribution in [0, 0.1) is 0 Å².